The number of rotatable bonds is 5. The zero-order chi connectivity index (χ0) is 19.7. The van der Waals surface area contributed by atoms with Gasteiger partial charge in [-0.25, -0.2) is 9.79 Å². The number of carbonyl (C=O) groups is 2. The third-order valence-electron chi connectivity index (χ3n) is 4.66. The number of aliphatic imine (C=N–C) groups is 1. The second kappa shape index (κ2) is 7.64. The topological polar surface area (TPSA) is 77.4 Å². The number of amides is 1. The molecule has 0 radical (unpaired) electrons. The second-order valence-electron chi connectivity index (χ2n) is 6.12. The summed E-state index contributed by atoms with van der Waals surface area (Å²) in [6.45, 7) is 3.71. The van der Waals surface area contributed by atoms with E-state index in [-0.39, 0.29) is 11.2 Å². The normalized spacial score (nSPS) is 21.7. The number of carbonyl (C=O) groups excluding carboxylic acids is 2. The van der Waals surface area contributed by atoms with Crippen molar-refractivity contribution in [3.8, 4) is 11.5 Å². The number of benzene rings is 1. The zero-order valence-electron chi connectivity index (χ0n) is 15.9. The van der Waals surface area contributed by atoms with E-state index in [9.17, 15) is 9.59 Å². The molecular weight excluding hydrogens is 368 g/mol. The lowest BCUT2D eigenvalue weighted by Crippen LogP contribution is -2.40. The van der Waals surface area contributed by atoms with Crippen LogP contribution in [-0.2, 0) is 14.3 Å². The van der Waals surface area contributed by atoms with Crippen molar-refractivity contribution in [2.45, 2.75) is 31.6 Å². The van der Waals surface area contributed by atoms with Crippen molar-refractivity contribution in [1.82, 2.24) is 4.90 Å². The van der Waals surface area contributed by atoms with E-state index in [1.54, 1.807) is 44.2 Å². The first kappa shape index (κ1) is 19.3. The monoisotopic (exact) mass is 390 g/mol. The van der Waals surface area contributed by atoms with E-state index >= 15 is 0 Å². The highest BCUT2D eigenvalue weighted by Gasteiger charge is 2.48. The molecule has 1 fully saturated rings. The van der Waals surface area contributed by atoms with Crippen molar-refractivity contribution in [3.05, 3.63) is 35.0 Å². The zero-order valence-corrected chi connectivity index (χ0v) is 16.8. The van der Waals surface area contributed by atoms with E-state index in [1.807, 2.05) is 6.92 Å². The van der Waals surface area contributed by atoms with Crippen LogP contribution in [0, 0.1) is 0 Å². The molecule has 3 rings (SSSR count). The molecule has 7 nitrogen and oxygen atoms in total. The molecule has 2 heterocycles. The third-order valence-corrected chi connectivity index (χ3v) is 5.98. The smallest absolute Gasteiger partial charge is 0.338 e. The highest BCUT2D eigenvalue weighted by molar-refractivity contribution is 8.15. The Balaban J connectivity index is 2.24. The van der Waals surface area contributed by atoms with Gasteiger partial charge in [0.05, 0.1) is 37.8 Å². The first-order chi connectivity index (χ1) is 13.0. The van der Waals surface area contributed by atoms with Gasteiger partial charge in [0.2, 0.25) is 5.91 Å². The molecule has 2 aliphatic heterocycles. The number of thioether (sulfide) groups is 1. The van der Waals surface area contributed by atoms with Crippen molar-refractivity contribution in [3.63, 3.8) is 0 Å². The molecule has 0 aliphatic carbocycles. The maximum absolute atomic E-state index is 13.0. The number of fused-ring (bicyclic) bond motifs is 1. The Kier molecular flexibility index (Phi) is 5.46. The fourth-order valence-corrected chi connectivity index (χ4v) is 4.44. The molecule has 1 aromatic carbocycles. The van der Waals surface area contributed by atoms with Gasteiger partial charge in [0, 0.05) is 5.56 Å². The van der Waals surface area contributed by atoms with Gasteiger partial charge in [-0.15, -0.1) is 0 Å². The minimum Gasteiger partial charge on any atom is -0.497 e. The summed E-state index contributed by atoms with van der Waals surface area (Å²) in [5.41, 5.74) is 1.49. The van der Waals surface area contributed by atoms with Gasteiger partial charge in [-0.3, -0.25) is 9.69 Å². The molecule has 0 spiro atoms. The summed E-state index contributed by atoms with van der Waals surface area (Å²) >= 11 is 1.42. The summed E-state index contributed by atoms with van der Waals surface area (Å²) in [7, 11) is 4.43. The van der Waals surface area contributed by atoms with Gasteiger partial charge in [-0.05, 0) is 31.5 Å². The Bertz CT molecular complexity index is 849. The second-order valence-corrected chi connectivity index (χ2v) is 7.29. The molecule has 0 aromatic heterocycles. The summed E-state index contributed by atoms with van der Waals surface area (Å²) < 4.78 is 15.9. The van der Waals surface area contributed by atoms with Crippen LogP contribution in [-0.4, -0.2) is 48.5 Å². The molecule has 0 bridgehead atoms. The largest absolute Gasteiger partial charge is 0.497 e. The van der Waals surface area contributed by atoms with Crippen LogP contribution >= 0.6 is 11.8 Å². The number of esters is 1. The number of nitrogens with zero attached hydrogens (tertiary/aromatic N) is 2. The van der Waals surface area contributed by atoms with Gasteiger partial charge < -0.3 is 14.2 Å². The lowest BCUT2D eigenvalue weighted by Gasteiger charge is -2.33. The maximum atomic E-state index is 13.0. The summed E-state index contributed by atoms with van der Waals surface area (Å²) in [6, 6.07) is 4.62. The van der Waals surface area contributed by atoms with Gasteiger partial charge in [-0.2, -0.15) is 0 Å². The van der Waals surface area contributed by atoms with Crippen LogP contribution in [0.4, 0.5) is 0 Å². The van der Waals surface area contributed by atoms with Crippen LogP contribution in [0.15, 0.2) is 34.5 Å². The predicted octanol–water partition coefficient (Wildman–Crippen LogP) is 2.92. The lowest BCUT2D eigenvalue weighted by atomic mass is 9.93. The lowest BCUT2D eigenvalue weighted by molar-refractivity contribution is -0.137. The number of allylic oxidation sites excluding steroid dienone is 1. The number of hydrogen-bond donors (Lipinski definition) is 0. The Morgan fingerprint density at radius 3 is 2.59 bits per heavy atom. The number of amidine groups is 1. The van der Waals surface area contributed by atoms with E-state index in [4.69, 9.17) is 14.2 Å². The standard InChI is InChI=1S/C19H22N2O5S/c1-6-14-17(22)21-16(12-9-11(24-3)7-8-13(12)25-4)15(18(23)26-5)10(2)20-19(21)27-14/h7-9,14,16H,6H2,1-5H3/t14-,16+/m0/s1. The average molecular weight is 390 g/mol. The molecular formula is C19H22N2O5S. The fourth-order valence-electron chi connectivity index (χ4n) is 3.31. The first-order valence-electron chi connectivity index (χ1n) is 8.56. The molecule has 0 saturated carbocycles. The fraction of sp³-hybridized carbons (Fsp3) is 0.421. The van der Waals surface area contributed by atoms with Crippen LogP contribution < -0.4 is 9.47 Å². The van der Waals surface area contributed by atoms with Crippen LogP contribution in [0.2, 0.25) is 0 Å². The minimum absolute atomic E-state index is 0.0787. The summed E-state index contributed by atoms with van der Waals surface area (Å²) in [4.78, 5) is 31.7. The molecule has 144 valence electrons. The van der Waals surface area contributed by atoms with E-state index in [1.165, 1.54) is 18.9 Å². The van der Waals surface area contributed by atoms with Crippen molar-refractivity contribution in [2.75, 3.05) is 21.3 Å². The van der Waals surface area contributed by atoms with Crippen molar-refractivity contribution >= 4 is 28.8 Å². The van der Waals surface area contributed by atoms with E-state index < -0.39 is 12.0 Å². The summed E-state index contributed by atoms with van der Waals surface area (Å²) in [5.74, 6) is 0.546. The van der Waals surface area contributed by atoms with E-state index in [0.717, 1.165) is 0 Å². The van der Waals surface area contributed by atoms with Gasteiger partial charge in [-0.1, -0.05) is 18.7 Å². The third kappa shape index (κ3) is 3.18. The Hall–Kier alpha value is -2.48. The van der Waals surface area contributed by atoms with Gasteiger partial charge >= 0.3 is 5.97 Å². The molecule has 0 N–H and O–H groups in total. The van der Waals surface area contributed by atoms with Crippen molar-refractivity contribution in [2.24, 2.45) is 4.99 Å². The van der Waals surface area contributed by atoms with Crippen LogP contribution in [0.1, 0.15) is 31.9 Å². The molecule has 1 saturated heterocycles. The molecule has 8 heteroatoms. The van der Waals surface area contributed by atoms with Crippen LogP contribution in [0.5, 0.6) is 11.5 Å². The average Bonchev–Trinajstić information content (AvgIpc) is 3.00. The molecule has 2 atom stereocenters. The molecule has 2 aliphatic rings. The SMILES string of the molecule is CC[C@@H]1SC2=NC(C)=C(C(=O)OC)[C@@H](c3cc(OC)ccc3OC)N2C1=O. The first-order valence-corrected chi connectivity index (χ1v) is 9.44. The van der Waals surface area contributed by atoms with Crippen LogP contribution in [0.25, 0.3) is 0 Å². The molecule has 1 aromatic rings. The molecule has 27 heavy (non-hydrogen) atoms. The number of methoxy groups -OCH3 is 3. The van der Waals surface area contributed by atoms with E-state index in [0.29, 0.717) is 39.9 Å². The van der Waals surface area contributed by atoms with E-state index in [2.05, 4.69) is 4.99 Å². The summed E-state index contributed by atoms with van der Waals surface area (Å²) in [5, 5.41) is 0.361. The molecule has 0 unspecified atom stereocenters. The minimum atomic E-state index is -0.688. The van der Waals surface area contributed by atoms with Crippen molar-refractivity contribution in [1.29, 1.82) is 0 Å². The quantitative estimate of drug-likeness (QED) is 0.720. The highest BCUT2D eigenvalue weighted by Crippen LogP contribution is 2.46. The highest BCUT2D eigenvalue weighted by atomic mass is 32.2. The number of ether oxygens (including phenoxy) is 3. The molecule has 1 amide bonds. The summed E-state index contributed by atoms with van der Waals surface area (Å²) in [6.07, 6.45) is 0.674. The number of hydrogen-bond acceptors (Lipinski definition) is 7. The van der Waals surface area contributed by atoms with Crippen LogP contribution in [0.3, 0.4) is 0 Å². The van der Waals surface area contributed by atoms with Gasteiger partial charge in [0.15, 0.2) is 5.17 Å². The predicted molar refractivity (Wildman–Crippen MR) is 103 cm³/mol. The van der Waals surface area contributed by atoms with Gasteiger partial charge in [0.25, 0.3) is 0 Å². The Labute approximate surface area is 162 Å². The van der Waals surface area contributed by atoms with Crippen molar-refractivity contribution < 1.29 is 23.8 Å². The van der Waals surface area contributed by atoms with Gasteiger partial charge in [0.1, 0.15) is 17.5 Å². The Morgan fingerprint density at radius 2 is 2.00 bits per heavy atom. The Morgan fingerprint density at radius 1 is 1.26 bits per heavy atom. The maximum Gasteiger partial charge on any atom is 0.338 e.